The van der Waals surface area contributed by atoms with Crippen LogP contribution in [0.3, 0.4) is 0 Å². The zero-order valence-corrected chi connectivity index (χ0v) is 7.60. The highest BCUT2D eigenvalue weighted by Crippen LogP contribution is 2.44. The molecule has 2 rings (SSSR count). The van der Waals surface area contributed by atoms with Crippen LogP contribution in [-0.2, 0) is 14.3 Å². The van der Waals surface area contributed by atoms with E-state index in [1.54, 1.807) is 0 Å². The van der Waals surface area contributed by atoms with E-state index >= 15 is 0 Å². The monoisotopic (exact) mass is 186 g/mol. The molecule has 13 heavy (non-hydrogen) atoms. The number of hydrogen-bond acceptors (Lipinski definition) is 4. The largest absolute Gasteiger partial charge is 0.466 e. The summed E-state index contributed by atoms with van der Waals surface area (Å²) in [5.41, 5.74) is 0. The fraction of sp³-hybridized carbons (Fsp3) is 0.889. The molecule has 2 aliphatic rings. The van der Waals surface area contributed by atoms with Crippen LogP contribution in [0.1, 0.15) is 19.8 Å². The van der Waals surface area contributed by atoms with Gasteiger partial charge in [0.05, 0.1) is 24.9 Å². The summed E-state index contributed by atoms with van der Waals surface area (Å²) in [7, 11) is 0. The van der Waals surface area contributed by atoms with Gasteiger partial charge in [-0.1, -0.05) is 0 Å². The molecule has 0 amide bonds. The van der Waals surface area contributed by atoms with Gasteiger partial charge in [-0.3, -0.25) is 4.79 Å². The van der Waals surface area contributed by atoms with Gasteiger partial charge in [-0.25, -0.2) is 0 Å². The molecule has 0 aromatic heterocycles. The Morgan fingerprint density at radius 1 is 1.69 bits per heavy atom. The lowest BCUT2D eigenvalue weighted by atomic mass is 10.0. The molecule has 1 saturated heterocycles. The van der Waals surface area contributed by atoms with Crippen molar-refractivity contribution in [2.24, 2.45) is 5.92 Å². The Morgan fingerprint density at radius 3 is 3.00 bits per heavy atom. The maximum Gasteiger partial charge on any atom is 0.302 e. The van der Waals surface area contributed by atoms with Gasteiger partial charge in [0, 0.05) is 19.3 Å². The maximum absolute atomic E-state index is 10.5. The van der Waals surface area contributed by atoms with Gasteiger partial charge in [0.25, 0.3) is 0 Å². The molecule has 1 aliphatic heterocycles. The topological polar surface area (TPSA) is 59.1 Å². The lowest BCUT2D eigenvalue weighted by molar-refractivity contribution is -0.141. The van der Waals surface area contributed by atoms with Crippen molar-refractivity contribution in [1.29, 1.82) is 0 Å². The van der Waals surface area contributed by atoms with Crippen molar-refractivity contribution in [2.45, 2.75) is 38.1 Å². The molecule has 0 radical (unpaired) electrons. The Hall–Kier alpha value is -0.610. The lowest BCUT2D eigenvalue weighted by Gasteiger charge is -2.15. The Bertz CT molecular complexity index is 214. The third-order valence-electron chi connectivity index (χ3n) is 2.77. The molecule has 4 atom stereocenters. The summed E-state index contributed by atoms with van der Waals surface area (Å²) < 4.78 is 10.1. The minimum absolute atomic E-state index is 0.171. The van der Waals surface area contributed by atoms with Crippen LogP contribution in [0.4, 0.5) is 0 Å². The Labute approximate surface area is 76.8 Å². The molecule has 2 fully saturated rings. The van der Waals surface area contributed by atoms with Crippen molar-refractivity contribution in [3.63, 3.8) is 0 Å². The zero-order chi connectivity index (χ0) is 9.42. The van der Waals surface area contributed by atoms with Gasteiger partial charge in [0.2, 0.25) is 0 Å². The van der Waals surface area contributed by atoms with E-state index < -0.39 is 0 Å². The van der Waals surface area contributed by atoms with Crippen molar-refractivity contribution < 1.29 is 19.4 Å². The van der Waals surface area contributed by atoms with Crippen LogP contribution in [0.2, 0.25) is 0 Å². The highest BCUT2D eigenvalue weighted by Gasteiger charge is 2.54. The van der Waals surface area contributed by atoms with Gasteiger partial charge < -0.3 is 14.6 Å². The first-order valence-corrected chi connectivity index (χ1v) is 4.65. The lowest BCUT2D eigenvalue weighted by Crippen LogP contribution is -2.22. The van der Waals surface area contributed by atoms with Crippen molar-refractivity contribution in [3.05, 3.63) is 0 Å². The number of esters is 1. The van der Waals surface area contributed by atoms with Gasteiger partial charge in [0.1, 0.15) is 0 Å². The van der Waals surface area contributed by atoms with E-state index in [2.05, 4.69) is 0 Å². The molecular formula is C9H14O4. The molecule has 1 N–H and O–H groups in total. The number of epoxide rings is 1. The molecule has 4 unspecified atom stereocenters. The van der Waals surface area contributed by atoms with Gasteiger partial charge in [-0.15, -0.1) is 0 Å². The third-order valence-corrected chi connectivity index (χ3v) is 2.77. The van der Waals surface area contributed by atoms with Crippen molar-refractivity contribution in [2.75, 3.05) is 6.61 Å². The van der Waals surface area contributed by atoms with Crippen LogP contribution in [0.25, 0.3) is 0 Å². The molecule has 4 heteroatoms. The Balaban J connectivity index is 1.72. The Kier molecular flexibility index (Phi) is 2.26. The first-order valence-electron chi connectivity index (χ1n) is 4.65. The van der Waals surface area contributed by atoms with Gasteiger partial charge >= 0.3 is 5.97 Å². The van der Waals surface area contributed by atoms with E-state index in [-0.39, 0.29) is 30.2 Å². The maximum atomic E-state index is 10.5. The summed E-state index contributed by atoms with van der Waals surface area (Å²) in [6, 6.07) is 0. The zero-order valence-electron chi connectivity index (χ0n) is 7.60. The van der Waals surface area contributed by atoms with Crippen molar-refractivity contribution >= 4 is 5.97 Å². The van der Waals surface area contributed by atoms with Crippen LogP contribution in [0.5, 0.6) is 0 Å². The molecular weight excluding hydrogens is 172 g/mol. The highest BCUT2D eigenvalue weighted by atomic mass is 16.6. The fourth-order valence-electron chi connectivity index (χ4n) is 2.05. The van der Waals surface area contributed by atoms with E-state index in [4.69, 9.17) is 9.47 Å². The number of aliphatic hydroxyl groups excluding tert-OH is 1. The standard InChI is InChI=1S/C9H14O4/c1-5(10)12-3-2-6-7(11)4-8-9(6)13-8/h6-9,11H,2-4H2,1H3. The van der Waals surface area contributed by atoms with Crippen LogP contribution in [-0.4, -0.2) is 36.0 Å². The van der Waals surface area contributed by atoms with Gasteiger partial charge in [0.15, 0.2) is 0 Å². The molecule has 74 valence electrons. The van der Waals surface area contributed by atoms with Crippen LogP contribution in [0.15, 0.2) is 0 Å². The number of carbonyl (C=O) groups is 1. The van der Waals surface area contributed by atoms with Crippen LogP contribution >= 0.6 is 0 Å². The number of rotatable bonds is 3. The first kappa shape index (κ1) is 8.97. The van der Waals surface area contributed by atoms with Gasteiger partial charge in [-0.2, -0.15) is 0 Å². The molecule has 0 bridgehead atoms. The third kappa shape index (κ3) is 1.84. The average molecular weight is 186 g/mol. The fourth-order valence-corrected chi connectivity index (χ4v) is 2.05. The second-order valence-corrected chi connectivity index (χ2v) is 3.73. The van der Waals surface area contributed by atoms with Crippen molar-refractivity contribution in [3.8, 4) is 0 Å². The smallest absolute Gasteiger partial charge is 0.302 e. The molecule has 0 aromatic rings. The summed E-state index contributed by atoms with van der Waals surface area (Å²) in [6.07, 6.45) is 1.69. The van der Waals surface area contributed by atoms with Gasteiger partial charge in [-0.05, 0) is 6.42 Å². The Morgan fingerprint density at radius 2 is 2.46 bits per heavy atom. The number of fused-ring (bicyclic) bond motifs is 1. The predicted octanol–water partition coefficient (Wildman–Crippen LogP) is 0.0878. The molecule has 0 spiro atoms. The van der Waals surface area contributed by atoms with E-state index in [9.17, 15) is 9.90 Å². The minimum atomic E-state index is -0.265. The quantitative estimate of drug-likeness (QED) is 0.501. The number of hydrogen-bond donors (Lipinski definition) is 1. The SMILES string of the molecule is CC(=O)OCCC1C(O)CC2OC21. The van der Waals surface area contributed by atoms with Crippen LogP contribution in [0, 0.1) is 5.92 Å². The van der Waals surface area contributed by atoms with Crippen LogP contribution < -0.4 is 0 Å². The second kappa shape index (κ2) is 3.27. The molecule has 1 heterocycles. The van der Waals surface area contributed by atoms with E-state index in [1.165, 1.54) is 6.92 Å². The summed E-state index contributed by atoms with van der Waals surface area (Å²) in [5.74, 6) is -0.0925. The summed E-state index contributed by atoms with van der Waals surface area (Å²) in [5, 5.41) is 9.53. The molecule has 0 aromatic carbocycles. The predicted molar refractivity (Wildman–Crippen MR) is 44.0 cm³/mol. The minimum Gasteiger partial charge on any atom is -0.466 e. The number of ether oxygens (including phenoxy) is 2. The summed E-state index contributed by atoms with van der Waals surface area (Å²) in [4.78, 5) is 10.5. The van der Waals surface area contributed by atoms with E-state index in [1.807, 2.05) is 0 Å². The summed E-state index contributed by atoms with van der Waals surface area (Å²) >= 11 is 0. The number of carbonyl (C=O) groups excluding carboxylic acids is 1. The second-order valence-electron chi connectivity index (χ2n) is 3.73. The summed E-state index contributed by atoms with van der Waals surface area (Å²) in [6.45, 7) is 1.78. The molecule has 4 nitrogen and oxygen atoms in total. The normalized spacial score (nSPS) is 41.4. The molecule has 1 saturated carbocycles. The molecule has 1 aliphatic carbocycles. The van der Waals surface area contributed by atoms with E-state index in [0.29, 0.717) is 13.0 Å². The van der Waals surface area contributed by atoms with Crippen molar-refractivity contribution in [1.82, 2.24) is 0 Å². The number of aliphatic hydroxyl groups is 1. The van der Waals surface area contributed by atoms with E-state index in [0.717, 1.165) is 6.42 Å². The first-order chi connectivity index (χ1) is 6.18. The average Bonchev–Trinajstić information content (AvgIpc) is 2.71. The highest BCUT2D eigenvalue weighted by molar-refractivity contribution is 5.65.